The fourth-order valence-corrected chi connectivity index (χ4v) is 4.17. The molecule has 3 rings (SSSR count). The van der Waals surface area contributed by atoms with Crippen molar-refractivity contribution in [2.24, 2.45) is 0 Å². The lowest BCUT2D eigenvalue weighted by Crippen LogP contribution is -2.05. The summed E-state index contributed by atoms with van der Waals surface area (Å²) in [4.78, 5) is 4.39. The summed E-state index contributed by atoms with van der Waals surface area (Å²) >= 11 is 11.9. The van der Waals surface area contributed by atoms with E-state index in [2.05, 4.69) is 70.4 Å². The number of halogens is 3. The van der Waals surface area contributed by atoms with E-state index in [1.54, 1.807) is 24.3 Å². The molecule has 3 aromatic rings. The van der Waals surface area contributed by atoms with Gasteiger partial charge in [0.1, 0.15) is 0 Å². The molecule has 2 N–H and O–H groups in total. The number of aryl methyl sites for hydroxylation is 1. The van der Waals surface area contributed by atoms with Gasteiger partial charge in [-0.15, -0.1) is 10.2 Å². The summed E-state index contributed by atoms with van der Waals surface area (Å²) in [6.07, 6.45) is 0. The van der Waals surface area contributed by atoms with Crippen molar-refractivity contribution in [3.8, 4) is 6.07 Å². The van der Waals surface area contributed by atoms with E-state index in [1.807, 2.05) is 19.1 Å². The minimum atomic E-state index is 0.151. The second-order valence-electron chi connectivity index (χ2n) is 5.29. The van der Waals surface area contributed by atoms with Crippen LogP contribution in [0, 0.1) is 21.8 Å². The van der Waals surface area contributed by atoms with Crippen molar-refractivity contribution >= 4 is 73.3 Å². The van der Waals surface area contributed by atoms with Crippen LogP contribution in [0.25, 0.3) is 0 Å². The molecular formula is C17H11BrClIN6. The third-order valence-corrected chi connectivity index (χ3v) is 4.91. The van der Waals surface area contributed by atoms with E-state index in [4.69, 9.17) is 16.9 Å². The topological polar surface area (TPSA) is 86.5 Å². The molecule has 0 saturated heterocycles. The van der Waals surface area contributed by atoms with Gasteiger partial charge >= 0.3 is 0 Å². The Morgan fingerprint density at radius 1 is 1.15 bits per heavy atom. The van der Waals surface area contributed by atoms with Crippen LogP contribution in [0.1, 0.15) is 11.1 Å². The van der Waals surface area contributed by atoms with Crippen molar-refractivity contribution < 1.29 is 0 Å². The summed E-state index contributed by atoms with van der Waals surface area (Å²) in [6.45, 7) is 1.99. The number of anilines is 4. The molecule has 0 unspecified atom stereocenters. The van der Waals surface area contributed by atoms with Crippen molar-refractivity contribution in [2.75, 3.05) is 10.6 Å². The van der Waals surface area contributed by atoms with Crippen molar-refractivity contribution in [1.82, 2.24) is 15.2 Å². The maximum atomic E-state index is 8.87. The van der Waals surface area contributed by atoms with Crippen molar-refractivity contribution in [1.29, 1.82) is 5.26 Å². The predicted octanol–water partition coefficient (Wildman–Crippen LogP) is 5.56. The Bertz CT molecular complexity index is 980. The SMILES string of the molecule is Cc1cc(I)cc(Br)c1Nc1nnc(Cl)c(Nc2ccc(C#N)cc2)n1. The highest BCUT2D eigenvalue weighted by molar-refractivity contribution is 14.1. The number of hydrogen-bond acceptors (Lipinski definition) is 6. The molecule has 0 spiro atoms. The lowest BCUT2D eigenvalue weighted by atomic mass is 10.2. The first-order valence-corrected chi connectivity index (χ1v) is 9.61. The van der Waals surface area contributed by atoms with Crippen molar-refractivity contribution in [2.45, 2.75) is 6.92 Å². The second-order valence-corrected chi connectivity index (χ2v) is 7.75. The quantitative estimate of drug-likeness (QED) is 0.421. The summed E-state index contributed by atoms with van der Waals surface area (Å²) in [6, 6.07) is 13.1. The molecule has 0 atom stereocenters. The van der Waals surface area contributed by atoms with E-state index in [0.29, 0.717) is 17.3 Å². The monoisotopic (exact) mass is 540 g/mol. The Hall–Kier alpha value is -1.96. The van der Waals surface area contributed by atoms with Crippen LogP contribution >= 0.6 is 50.1 Å². The lowest BCUT2D eigenvalue weighted by molar-refractivity contribution is 0.982. The van der Waals surface area contributed by atoms with Gasteiger partial charge in [0.25, 0.3) is 0 Å². The molecule has 0 saturated carbocycles. The minimum absolute atomic E-state index is 0.151. The molecule has 1 aromatic heterocycles. The van der Waals surface area contributed by atoms with E-state index in [1.165, 1.54) is 0 Å². The molecule has 26 heavy (non-hydrogen) atoms. The summed E-state index contributed by atoms with van der Waals surface area (Å²) in [7, 11) is 0. The Kier molecular flexibility index (Phi) is 5.90. The molecule has 6 nitrogen and oxygen atoms in total. The first-order chi connectivity index (χ1) is 12.5. The zero-order valence-corrected chi connectivity index (χ0v) is 17.9. The van der Waals surface area contributed by atoms with Crippen molar-refractivity contribution in [3.63, 3.8) is 0 Å². The van der Waals surface area contributed by atoms with Gasteiger partial charge in [0.05, 0.1) is 17.3 Å². The average molecular weight is 542 g/mol. The number of rotatable bonds is 4. The summed E-state index contributed by atoms with van der Waals surface area (Å²) in [5, 5.41) is 23.2. The van der Waals surface area contributed by atoms with Gasteiger partial charge in [-0.25, -0.2) is 0 Å². The average Bonchev–Trinajstić information content (AvgIpc) is 2.61. The highest BCUT2D eigenvalue weighted by Gasteiger charge is 2.11. The first kappa shape index (κ1) is 18.8. The fourth-order valence-electron chi connectivity index (χ4n) is 2.18. The molecule has 0 fully saturated rings. The van der Waals surface area contributed by atoms with Gasteiger partial charge < -0.3 is 10.6 Å². The number of nitriles is 1. The molecule has 0 aliphatic carbocycles. The van der Waals surface area contributed by atoms with Crippen LogP contribution in [0.3, 0.4) is 0 Å². The molecule has 1 heterocycles. The van der Waals surface area contributed by atoms with Crippen LogP contribution < -0.4 is 10.6 Å². The lowest BCUT2D eigenvalue weighted by Gasteiger charge is -2.12. The van der Waals surface area contributed by atoms with Gasteiger partial charge in [0.2, 0.25) is 5.95 Å². The van der Waals surface area contributed by atoms with Crippen LogP contribution in [0.5, 0.6) is 0 Å². The van der Waals surface area contributed by atoms with Crippen LogP contribution in [0.4, 0.5) is 23.1 Å². The van der Waals surface area contributed by atoms with E-state index in [9.17, 15) is 0 Å². The zero-order valence-electron chi connectivity index (χ0n) is 13.4. The van der Waals surface area contributed by atoms with Crippen LogP contribution in [0.2, 0.25) is 5.15 Å². The van der Waals surface area contributed by atoms with Crippen LogP contribution in [-0.4, -0.2) is 15.2 Å². The van der Waals surface area contributed by atoms with E-state index < -0.39 is 0 Å². The normalized spacial score (nSPS) is 10.3. The van der Waals surface area contributed by atoms with E-state index in [-0.39, 0.29) is 5.15 Å². The van der Waals surface area contributed by atoms with Crippen LogP contribution in [0.15, 0.2) is 40.9 Å². The Balaban J connectivity index is 1.87. The van der Waals surface area contributed by atoms with Crippen molar-refractivity contribution in [3.05, 3.63) is 60.7 Å². The highest BCUT2D eigenvalue weighted by atomic mass is 127. The Morgan fingerprint density at radius 2 is 1.88 bits per heavy atom. The predicted molar refractivity (Wildman–Crippen MR) is 114 cm³/mol. The molecule has 9 heteroatoms. The molecule has 0 aliphatic rings. The standard InChI is InChI=1S/C17H11BrClIN6/c1-9-6-11(20)7-13(18)14(9)23-17-24-16(15(19)25-26-17)22-12-4-2-10(8-21)3-5-12/h2-7H,1H3,(H2,22,23,24,26). The summed E-state index contributed by atoms with van der Waals surface area (Å²) in [5.41, 5.74) is 3.22. The second kappa shape index (κ2) is 8.16. The molecule has 0 bridgehead atoms. The smallest absolute Gasteiger partial charge is 0.249 e. The third kappa shape index (κ3) is 4.41. The molecule has 0 aliphatic heterocycles. The number of benzene rings is 2. The molecule has 2 aromatic carbocycles. The van der Waals surface area contributed by atoms with E-state index >= 15 is 0 Å². The first-order valence-electron chi connectivity index (χ1n) is 7.36. The van der Waals surface area contributed by atoms with Gasteiger partial charge in [-0.1, -0.05) is 11.6 Å². The Morgan fingerprint density at radius 3 is 2.54 bits per heavy atom. The van der Waals surface area contributed by atoms with Gasteiger partial charge in [-0.05, 0) is 87.4 Å². The zero-order chi connectivity index (χ0) is 18.7. The maximum Gasteiger partial charge on any atom is 0.249 e. The Labute approximate surface area is 177 Å². The van der Waals surface area contributed by atoms with Gasteiger partial charge in [0, 0.05) is 13.7 Å². The largest absolute Gasteiger partial charge is 0.337 e. The molecule has 130 valence electrons. The third-order valence-electron chi connectivity index (χ3n) is 3.41. The molecule has 0 amide bonds. The molecule has 0 radical (unpaired) electrons. The fraction of sp³-hybridized carbons (Fsp3) is 0.0588. The van der Waals surface area contributed by atoms with Gasteiger partial charge in [0.15, 0.2) is 11.0 Å². The number of aromatic nitrogens is 3. The number of nitrogens with zero attached hydrogens (tertiary/aromatic N) is 4. The summed E-state index contributed by atoms with van der Waals surface area (Å²) < 4.78 is 2.03. The van der Waals surface area contributed by atoms with Gasteiger partial charge in [-0.2, -0.15) is 10.2 Å². The van der Waals surface area contributed by atoms with Crippen LogP contribution in [-0.2, 0) is 0 Å². The minimum Gasteiger partial charge on any atom is -0.337 e. The number of nitrogens with one attached hydrogen (secondary N) is 2. The number of hydrogen-bond donors (Lipinski definition) is 2. The maximum absolute atomic E-state index is 8.87. The van der Waals surface area contributed by atoms with Gasteiger partial charge in [-0.3, -0.25) is 0 Å². The van der Waals surface area contributed by atoms with E-state index in [0.717, 1.165) is 25.0 Å². The summed E-state index contributed by atoms with van der Waals surface area (Å²) in [5.74, 6) is 0.684. The highest BCUT2D eigenvalue weighted by Crippen LogP contribution is 2.31. The molecular weight excluding hydrogens is 530 g/mol.